The third-order valence-electron chi connectivity index (χ3n) is 2.62. The van der Waals surface area contributed by atoms with Crippen LogP contribution in [-0.4, -0.2) is 31.0 Å². The van der Waals surface area contributed by atoms with Crippen LogP contribution >= 0.6 is 15.9 Å². The average Bonchev–Trinajstić information content (AvgIpc) is 2.30. The van der Waals surface area contributed by atoms with Crippen molar-refractivity contribution in [3.05, 3.63) is 27.7 Å². The Hall–Kier alpha value is -1.07. The number of carbonyl (C=O) groups is 1. The zero-order valence-electron chi connectivity index (χ0n) is 11.2. The van der Waals surface area contributed by atoms with Crippen LogP contribution in [0.1, 0.15) is 18.1 Å². The summed E-state index contributed by atoms with van der Waals surface area (Å²) in [5.41, 5.74) is 7.55. The number of nitrogens with two attached hydrogens (primary N) is 1. The molecule has 1 aromatic rings. The monoisotopic (exact) mass is 314 g/mol. The Kier molecular flexibility index (Phi) is 5.16. The van der Waals surface area contributed by atoms with Gasteiger partial charge in [-0.05, 0) is 31.5 Å². The molecule has 1 amide bonds. The SMILES string of the molecule is Cc1cc(Br)cc(CN)c1OC(C)C(=O)N(C)C. The van der Waals surface area contributed by atoms with E-state index < -0.39 is 6.10 Å². The number of likely N-dealkylation sites (N-methyl/N-ethyl adjacent to an activating group) is 1. The molecule has 0 aliphatic rings. The average molecular weight is 315 g/mol. The number of amides is 1. The van der Waals surface area contributed by atoms with Crippen LogP contribution < -0.4 is 10.5 Å². The van der Waals surface area contributed by atoms with Crippen LogP contribution in [0.4, 0.5) is 0 Å². The minimum atomic E-state index is -0.523. The van der Waals surface area contributed by atoms with Crippen LogP contribution in [0, 0.1) is 6.92 Å². The zero-order chi connectivity index (χ0) is 13.9. The summed E-state index contributed by atoms with van der Waals surface area (Å²) in [5.74, 6) is 0.628. The maximum Gasteiger partial charge on any atom is 0.262 e. The van der Waals surface area contributed by atoms with Crippen LogP contribution in [0.15, 0.2) is 16.6 Å². The van der Waals surface area contributed by atoms with Gasteiger partial charge in [-0.3, -0.25) is 4.79 Å². The van der Waals surface area contributed by atoms with Gasteiger partial charge in [0, 0.05) is 30.7 Å². The molecule has 0 fully saturated rings. The van der Waals surface area contributed by atoms with Crippen molar-refractivity contribution in [3.8, 4) is 5.75 Å². The van der Waals surface area contributed by atoms with Gasteiger partial charge in [0.15, 0.2) is 6.10 Å². The number of halogens is 1. The lowest BCUT2D eigenvalue weighted by Crippen LogP contribution is -2.35. The molecule has 1 rings (SSSR count). The molecule has 1 unspecified atom stereocenters. The van der Waals surface area contributed by atoms with Gasteiger partial charge in [-0.1, -0.05) is 15.9 Å². The molecule has 0 bridgehead atoms. The second-order valence-electron chi connectivity index (χ2n) is 4.41. The van der Waals surface area contributed by atoms with E-state index in [1.807, 2.05) is 19.1 Å². The van der Waals surface area contributed by atoms with Crippen LogP contribution in [0.3, 0.4) is 0 Å². The van der Waals surface area contributed by atoms with E-state index in [1.54, 1.807) is 21.0 Å². The lowest BCUT2D eigenvalue weighted by Gasteiger charge is -2.21. The maximum absolute atomic E-state index is 11.8. The number of aryl methyl sites for hydroxylation is 1. The van der Waals surface area contributed by atoms with E-state index in [0.717, 1.165) is 15.6 Å². The first-order valence-corrected chi connectivity index (χ1v) is 6.53. The highest BCUT2D eigenvalue weighted by Gasteiger charge is 2.19. The van der Waals surface area contributed by atoms with E-state index in [9.17, 15) is 4.79 Å². The molecule has 0 radical (unpaired) electrons. The first kappa shape index (κ1) is 15.0. The van der Waals surface area contributed by atoms with Crippen LogP contribution in [0.2, 0.25) is 0 Å². The molecule has 0 saturated carbocycles. The molecule has 5 heteroatoms. The summed E-state index contributed by atoms with van der Waals surface area (Å²) < 4.78 is 6.71. The Morgan fingerprint density at radius 3 is 2.61 bits per heavy atom. The van der Waals surface area contributed by atoms with Gasteiger partial charge in [-0.15, -0.1) is 0 Å². The third-order valence-corrected chi connectivity index (χ3v) is 3.08. The summed E-state index contributed by atoms with van der Waals surface area (Å²) >= 11 is 3.42. The molecule has 0 aliphatic carbocycles. The van der Waals surface area contributed by atoms with E-state index >= 15 is 0 Å². The molecular weight excluding hydrogens is 296 g/mol. The Balaban J connectivity index is 3.00. The number of nitrogens with zero attached hydrogens (tertiary/aromatic N) is 1. The number of rotatable bonds is 4. The Labute approximate surface area is 116 Å². The first-order valence-electron chi connectivity index (χ1n) is 5.73. The van der Waals surface area contributed by atoms with E-state index in [1.165, 1.54) is 4.90 Å². The third kappa shape index (κ3) is 3.46. The van der Waals surface area contributed by atoms with Gasteiger partial charge >= 0.3 is 0 Å². The summed E-state index contributed by atoms with van der Waals surface area (Å²) in [4.78, 5) is 13.3. The summed E-state index contributed by atoms with van der Waals surface area (Å²) in [5, 5.41) is 0. The normalized spacial score (nSPS) is 12.1. The van der Waals surface area contributed by atoms with Crippen molar-refractivity contribution < 1.29 is 9.53 Å². The van der Waals surface area contributed by atoms with Crippen molar-refractivity contribution >= 4 is 21.8 Å². The number of ether oxygens (including phenoxy) is 1. The van der Waals surface area contributed by atoms with Crippen molar-refractivity contribution in [2.45, 2.75) is 26.5 Å². The number of benzene rings is 1. The standard InChI is InChI=1S/C13H19BrN2O2/c1-8-5-11(14)6-10(7-15)12(8)18-9(2)13(17)16(3)4/h5-6,9H,7,15H2,1-4H3. The van der Waals surface area contributed by atoms with E-state index in [0.29, 0.717) is 12.3 Å². The topological polar surface area (TPSA) is 55.6 Å². The Morgan fingerprint density at radius 2 is 2.11 bits per heavy atom. The fourth-order valence-electron chi connectivity index (χ4n) is 1.71. The lowest BCUT2D eigenvalue weighted by molar-refractivity contribution is -0.135. The molecule has 0 spiro atoms. The minimum Gasteiger partial charge on any atom is -0.480 e. The fourth-order valence-corrected chi connectivity index (χ4v) is 2.33. The number of carbonyl (C=O) groups excluding carboxylic acids is 1. The minimum absolute atomic E-state index is 0.0692. The fraction of sp³-hybridized carbons (Fsp3) is 0.462. The summed E-state index contributed by atoms with van der Waals surface area (Å²) in [6, 6.07) is 3.86. The van der Waals surface area contributed by atoms with Gasteiger partial charge in [0.2, 0.25) is 0 Å². The molecular formula is C13H19BrN2O2. The molecule has 100 valence electrons. The van der Waals surface area contributed by atoms with Crippen molar-refractivity contribution in [2.24, 2.45) is 5.73 Å². The molecule has 0 aliphatic heterocycles. The van der Waals surface area contributed by atoms with Crippen molar-refractivity contribution in [3.63, 3.8) is 0 Å². The van der Waals surface area contributed by atoms with Crippen molar-refractivity contribution in [2.75, 3.05) is 14.1 Å². The molecule has 1 aromatic carbocycles. The summed E-state index contributed by atoms with van der Waals surface area (Å²) in [6.07, 6.45) is -0.523. The molecule has 0 heterocycles. The van der Waals surface area contributed by atoms with E-state index in [2.05, 4.69) is 15.9 Å². The van der Waals surface area contributed by atoms with Gasteiger partial charge in [-0.25, -0.2) is 0 Å². The second kappa shape index (κ2) is 6.20. The Bertz CT molecular complexity index is 447. The van der Waals surface area contributed by atoms with E-state index in [4.69, 9.17) is 10.5 Å². The second-order valence-corrected chi connectivity index (χ2v) is 5.32. The molecule has 0 aromatic heterocycles. The Morgan fingerprint density at radius 1 is 1.50 bits per heavy atom. The van der Waals surface area contributed by atoms with Crippen LogP contribution in [0.5, 0.6) is 5.75 Å². The van der Waals surface area contributed by atoms with Crippen LogP contribution in [-0.2, 0) is 11.3 Å². The van der Waals surface area contributed by atoms with Crippen LogP contribution in [0.25, 0.3) is 0 Å². The van der Waals surface area contributed by atoms with Gasteiger partial charge < -0.3 is 15.4 Å². The van der Waals surface area contributed by atoms with Gasteiger partial charge in [0.05, 0.1) is 0 Å². The molecule has 2 N–H and O–H groups in total. The highest BCUT2D eigenvalue weighted by molar-refractivity contribution is 9.10. The predicted octanol–water partition coefficient (Wildman–Crippen LogP) is 2.07. The molecule has 4 nitrogen and oxygen atoms in total. The number of hydrogen-bond acceptors (Lipinski definition) is 3. The largest absolute Gasteiger partial charge is 0.480 e. The predicted molar refractivity (Wildman–Crippen MR) is 75.6 cm³/mol. The lowest BCUT2D eigenvalue weighted by atomic mass is 10.1. The maximum atomic E-state index is 11.8. The summed E-state index contributed by atoms with van der Waals surface area (Å²) in [6.45, 7) is 4.05. The zero-order valence-corrected chi connectivity index (χ0v) is 12.7. The smallest absolute Gasteiger partial charge is 0.262 e. The number of hydrogen-bond donors (Lipinski definition) is 1. The quantitative estimate of drug-likeness (QED) is 0.925. The van der Waals surface area contributed by atoms with Gasteiger partial charge in [0.1, 0.15) is 5.75 Å². The molecule has 18 heavy (non-hydrogen) atoms. The van der Waals surface area contributed by atoms with Gasteiger partial charge in [0.25, 0.3) is 5.91 Å². The molecule has 1 atom stereocenters. The first-order chi connectivity index (χ1) is 8.36. The highest BCUT2D eigenvalue weighted by Crippen LogP contribution is 2.28. The van der Waals surface area contributed by atoms with Crippen molar-refractivity contribution in [1.29, 1.82) is 0 Å². The molecule has 0 saturated heterocycles. The van der Waals surface area contributed by atoms with Gasteiger partial charge in [-0.2, -0.15) is 0 Å². The highest BCUT2D eigenvalue weighted by atomic mass is 79.9. The summed E-state index contributed by atoms with van der Waals surface area (Å²) in [7, 11) is 3.42. The van der Waals surface area contributed by atoms with E-state index in [-0.39, 0.29) is 5.91 Å². The van der Waals surface area contributed by atoms with Crippen molar-refractivity contribution in [1.82, 2.24) is 4.90 Å².